The van der Waals surface area contributed by atoms with Gasteiger partial charge in [0.15, 0.2) is 22.1 Å². The van der Waals surface area contributed by atoms with Crippen LogP contribution in [0.4, 0.5) is 10.2 Å². The number of halogens is 1. The van der Waals surface area contributed by atoms with Crippen molar-refractivity contribution in [2.24, 2.45) is 0 Å². The third-order valence-electron chi connectivity index (χ3n) is 6.08. The van der Waals surface area contributed by atoms with E-state index in [-0.39, 0.29) is 24.2 Å². The largest absolute Gasteiger partial charge is 0.390 e. The van der Waals surface area contributed by atoms with Gasteiger partial charge in [0.2, 0.25) is 0 Å². The number of anilines is 1. The molecule has 5 rings (SSSR count). The number of aliphatic hydroxyl groups is 3. The van der Waals surface area contributed by atoms with Crippen molar-refractivity contribution in [1.82, 2.24) is 25.0 Å². The Morgan fingerprint density at radius 2 is 1.91 bits per heavy atom. The highest BCUT2D eigenvalue weighted by Crippen LogP contribution is 2.43. The summed E-state index contributed by atoms with van der Waals surface area (Å²) in [7, 11) is 0. The minimum absolute atomic E-state index is 0.133. The van der Waals surface area contributed by atoms with E-state index >= 15 is 0 Å². The molecular weight excluding hydrogens is 435 g/mol. The van der Waals surface area contributed by atoms with Crippen molar-refractivity contribution in [3.63, 3.8) is 0 Å². The molecule has 4 N–H and O–H groups in total. The Labute approximate surface area is 188 Å². The lowest BCUT2D eigenvalue weighted by Gasteiger charge is -2.16. The number of fused-ring (bicyclic) bond motifs is 1. The van der Waals surface area contributed by atoms with Gasteiger partial charge in [-0.25, -0.2) is 19.0 Å². The second-order valence-corrected chi connectivity index (χ2v) is 9.47. The van der Waals surface area contributed by atoms with Crippen molar-refractivity contribution in [3.05, 3.63) is 35.6 Å². The lowest BCUT2D eigenvalue weighted by molar-refractivity contribution is -0.0253. The Kier molecular flexibility index (Phi) is 5.74. The zero-order valence-electron chi connectivity index (χ0n) is 17.5. The Hall–Kier alpha value is -2.34. The molecule has 2 heterocycles. The highest BCUT2D eigenvalue weighted by atomic mass is 32.2. The van der Waals surface area contributed by atoms with Crippen LogP contribution in [0, 0.1) is 5.82 Å². The number of aromatic nitrogens is 5. The average molecular weight is 461 g/mol. The molecule has 32 heavy (non-hydrogen) atoms. The number of hydrogen-bond donors (Lipinski definition) is 4. The van der Waals surface area contributed by atoms with E-state index in [0.29, 0.717) is 22.1 Å². The first kappa shape index (κ1) is 21.5. The van der Waals surface area contributed by atoms with Gasteiger partial charge >= 0.3 is 0 Å². The molecule has 0 radical (unpaired) electrons. The van der Waals surface area contributed by atoms with Crippen molar-refractivity contribution in [2.45, 2.75) is 67.7 Å². The zero-order valence-corrected chi connectivity index (χ0v) is 18.3. The number of benzene rings is 1. The summed E-state index contributed by atoms with van der Waals surface area (Å²) in [5.41, 5.74) is 1.99. The van der Waals surface area contributed by atoms with Crippen molar-refractivity contribution >= 4 is 28.7 Å². The van der Waals surface area contributed by atoms with Crippen LogP contribution in [-0.4, -0.2) is 70.4 Å². The van der Waals surface area contributed by atoms with Gasteiger partial charge < -0.3 is 20.6 Å². The van der Waals surface area contributed by atoms with E-state index in [1.54, 1.807) is 12.1 Å². The van der Waals surface area contributed by atoms with Gasteiger partial charge in [0.05, 0.1) is 12.1 Å². The predicted molar refractivity (Wildman–Crippen MR) is 117 cm³/mol. The second-order valence-electron chi connectivity index (χ2n) is 8.41. The molecule has 2 aliphatic rings. The summed E-state index contributed by atoms with van der Waals surface area (Å²) in [5.74, 6) is 1.40. The third-order valence-corrected chi connectivity index (χ3v) is 7.14. The van der Waals surface area contributed by atoms with Crippen LogP contribution in [0.1, 0.15) is 43.7 Å². The summed E-state index contributed by atoms with van der Waals surface area (Å²) >= 11 is 1.52. The smallest absolute Gasteiger partial charge is 0.191 e. The van der Waals surface area contributed by atoms with Crippen molar-refractivity contribution in [2.75, 3.05) is 11.1 Å². The molecular formula is C21H25FN6O3S. The van der Waals surface area contributed by atoms with Crippen LogP contribution in [0.5, 0.6) is 0 Å². The molecule has 2 fully saturated rings. The summed E-state index contributed by atoms with van der Waals surface area (Å²) in [6.45, 7) is 2.08. The first-order valence-corrected chi connectivity index (χ1v) is 11.8. The molecule has 3 aromatic rings. The molecule has 0 amide bonds. The summed E-state index contributed by atoms with van der Waals surface area (Å²) in [4.78, 5) is 9.26. The van der Waals surface area contributed by atoms with Gasteiger partial charge in [0, 0.05) is 24.1 Å². The van der Waals surface area contributed by atoms with Crippen molar-refractivity contribution in [3.8, 4) is 0 Å². The molecule has 2 aromatic heterocycles. The summed E-state index contributed by atoms with van der Waals surface area (Å²) < 4.78 is 14.7. The minimum atomic E-state index is -1.24. The minimum Gasteiger partial charge on any atom is -0.390 e. The Balaban J connectivity index is 1.45. The fourth-order valence-corrected chi connectivity index (χ4v) is 4.92. The van der Waals surface area contributed by atoms with Gasteiger partial charge in [-0.05, 0) is 30.5 Å². The van der Waals surface area contributed by atoms with E-state index in [0.717, 1.165) is 24.2 Å². The van der Waals surface area contributed by atoms with E-state index in [1.165, 1.54) is 28.6 Å². The van der Waals surface area contributed by atoms with Crippen molar-refractivity contribution in [1.29, 1.82) is 0 Å². The molecule has 2 aliphatic carbocycles. The molecule has 170 valence electrons. The number of hydrogen-bond acceptors (Lipinski definition) is 9. The molecule has 0 spiro atoms. The standard InChI is InChI=1S/C21H25FN6O3S/c1-2-7-32-21-24-19(23-13-8-12(13)10-3-5-11(22)6-4-10)16-20(25-21)28(27-26-16)14-9-15(29)18(31)17(14)30/h3-6,12-15,17-18,29-31H,2,7-9H2,1H3,(H,23,24,25). The molecule has 1 aromatic carbocycles. The van der Waals surface area contributed by atoms with Gasteiger partial charge in [0.1, 0.15) is 18.0 Å². The summed E-state index contributed by atoms with van der Waals surface area (Å²) in [5, 5.41) is 42.8. The molecule has 6 atom stereocenters. The highest BCUT2D eigenvalue weighted by molar-refractivity contribution is 7.99. The highest BCUT2D eigenvalue weighted by Gasteiger charge is 2.43. The van der Waals surface area contributed by atoms with Gasteiger partial charge in [-0.2, -0.15) is 0 Å². The maximum atomic E-state index is 13.2. The quantitative estimate of drug-likeness (QED) is 0.308. The molecule has 11 heteroatoms. The maximum Gasteiger partial charge on any atom is 0.191 e. The van der Waals surface area contributed by atoms with Gasteiger partial charge in [-0.1, -0.05) is 36.0 Å². The number of rotatable bonds is 7. The van der Waals surface area contributed by atoms with Crippen LogP contribution in [0.15, 0.2) is 29.4 Å². The molecule has 0 saturated heterocycles. The van der Waals surface area contributed by atoms with E-state index < -0.39 is 24.4 Å². The number of nitrogens with one attached hydrogen (secondary N) is 1. The first-order chi connectivity index (χ1) is 15.5. The average Bonchev–Trinajstić information content (AvgIpc) is 3.34. The zero-order chi connectivity index (χ0) is 22.4. The molecule has 0 bridgehead atoms. The number of thioether (sulfide) groups is 1. The topological polar surface area (TPSA) is 129 Å². The number of aliphatic hydroxyl groups excluding tert-OH is 3. The fraction of sp³-hybridized carbons (Fsp3) is 0.524. The lowest BCUT2D eigenvalue weighted by atomic mass is 10.1. The molecule has 2 saturated carbocycles. The summed E-state index contributed by atoms with van der Waals surface area (Å²) in [6, 6.07) is 6.03. The van der Waals surface area contributed by atoms with Crippen LogP contribution < -0.4 is 5.32 Å². The van der Waals surface area contributed by atoms with Crippen LogP contribution in [0.2, 0.25) is 0 Å². The Morgan fingerprint density at radius 3 is 2.59 bits per heavy atom. The Bertz CT molecular complexity index is 1110. The lowest BCUT2D eigenvalue weighted by Crippen LogP contribution is -2.31. The van der Waals surface area contributed by atoms with Crippen molar-refractivity contribution < 1.29 is 19.7 Å². The monoisotopic (exact) mass is 460 g/mol. The fourth-order valence-electron chi connectivity index (χ4n) is 4.23. The molecule has 9 nitrogen and oxygen atoms in total. The van der Waals surface area contributed by atoms with Crippen LogP contribution in [0.25, 0.3) is 11.2 Å². The van der Waals surface area contributed by atoms with Gasteiger partial charge in [0.25, 0.3) is 0 Å². The Morgan fingerprint density at radius 1 is 1.12 bits per heavy atom. The number of nitrogens with zero attached hydrogens (tertiary/aromatic N) is 5. The second kappa shape index (κ2) is 8.54. The summed E-state index contributed by atoms with van der Waals surface area (Å²) in [6.07, 6.45) is -1.44. The van der Waals surface area contributed by atoms with Gasteiger partial charge in [-0.15, -0.1) is 5.10 Å². The molecule has 6 unspecified atom stereocenters. The van der Waals surface area contributed by atoms with Crippen LogP contribution in [-0.2, 0) is 0 Å². The van der Waals surface area contributed by atoms with E-state index in [2.05, 4.69) is 32.5 Å². The van der Waals surface area contributed by atoms with E-state index in [9.17, 15) is 19.7 Å². The third kappa shape index (κ3) is 3.94. The predicted octanol–water partition coefficient (Wildman–Crippen LogP) is 1.86. The first-order valence-electron chi connectivity index (χ1n) is 10.8. The van der Waals surface area contributed by atoms with Crippen LogP contribution >= 0.6 is 11.8 Å². The molecule has 0 aliphatic heterocycles. The van der Waals surface area contributed by atoms with E-state index in [4.69, 9.17) is 0 Å². The van der Waals surface area contributed by atoms with Gasteiger partial charge in [-0.3, -0.25) is 0 Å². The van der Waals surface area contributed by atoms with Crippen LogP contribution in [0.3, 0.4) is 0 Å². The SMILES string of the molecule is CCCSc1nc(NC2CC2c2ccc(F)cc2)c2nnn(C3CC(O)C(O)C3O)c2n1. The maximum absolute atomic E-state index is 13.2. The normalized spacial score (nSPS) is 29.5. The van der Waals surface area contributed by atoms with E-state index in [1.807, 2.05) is 0 Å².